The van der Waals surface area contributed by atoms with Gasteiger partial charge < -0.3 is 10.1 Å². The zero-order valence-electron chi connectivity index (χ0n) is 11.7. The van der Waals surface area contributed by atoms with E-state index >= 15 is 0 Å². The fourth-order valence-electron chi connectivity index (χ4n) is 2.27. The van der Waals surface area contributed by atoms with Crippen LogP contribution in [0.4, 0.5) is 5.69 Å². The molecule has 2 atom stereocenters. The van der Waals surface area contributed by atoms with Crippen LogP contribution in [0.2, 0.25) is 0 Å². The minimum atomic E-state index is -3.85. The van der Waals surface area contributed by atoms with Gasteiger partial charge in [-0.2, -0.15) is 0 Å². The molecule has 0 spiro atoms. The average Bonchev–Trinajstić information content (AvgIpc) is 2.85. The number of benzene rings is 1. The molecule has 1 aliphatic rings. The number of aryl methyl sites for hydroxylation is 1. The maximum atomic E-state index is 12.4. The maximum Gasteiger partial charge on any atom is 0.270 e. The molecule has 1 saturated heterocycles. The lowest BCUT2D eigenvalue weighted by molar-refractivity contribution is -0.385. The average molecular weight is 315 g/mol. The van der Waals surface area contributed by atoms with Gasteiger partial charge in [-0.15, -0.1) is 0 Å². The second-order valence-corrected chi connectivity index (χ2v) is 6.55. The smallest absolute Gasteiger partial charge is 0.270 e. The van der Waals surface area contributed by atoms with Crippen LogP contribution in [0.3, 0.4) is 0 Å². The summed E-state index contributed by atoms with van der Waals surface area (Å²) in [6.45, 7) is 2.60. The molecule has 1 fully saturated rings. The number of non-ortho nitro benzene ring substituents is 1. The molecular formula is C12H17N3O5S. The number of nitro groups is 1. The molecule has 1 aromatic rings. The fourth-order valence-corrected chi connectivity index (χ4v) is 3.80. The van der Waals surface area contributed by atoms with Crippen LogP contribution in [-0.4, -0.2) is 45.7 Å². The fraction of sp³-hybridized carbons (Fsp3) is 0.500. The van der Waals surface area contributed by atoms with Crippen LogP contribution in [0.25, 0.3) is 0 Å². The van der Waals surface area contributed by atoms with Crippen molar-refractivity contribution >= 4 is 15.7 Å². The van der Waals surface area contributed by atoms with E-state index in [4.69, 9.17) is 4.74 Å². The van der Waals surface area contributed by atoms with Gasteiger partial charge in [-0.25, -0.2) is 13.1 Å². The lowest BCUT2D eigenvalue weighted by atomic mass is 10.2. The zero-order valence-corrected chi connectivity index (χ0v) is 12.5. The van der Waals surface area contributed by atoms with Gasteiger partial charge in [-0.1, -0.05) is 6.07 Å². The van der Waals surface area contributed by atoms with Crippen LogP contribution in [0.1, 0.15) is 5.56 Å². The molecule has 9 heteroatoms. The first-order chi connectivity index (χ1) is 9.85. The third kappa shape index (κ3) is 3.38. The number of sulfonamides is 1. The molecule has 0 radical (unpaired) electrons. The minimum Gasteiger partial charge on any atom is -0.378 e. The second kappa shape index (κ2) is 6.06. The summed E-state index contributed by atoms with van der Waals surface area (Å²) >= 11 is 0. The molecule has 8 nitrogen and oxygen atoms in total. The Morgan fingerprint density at radius 3 is 2.76 bits per heavy atom. The van der Waals surface area contributed by atoms with E-state index < -0.39 is 21.0 Å². The van der Waals surface area contributed by atoms with Crippen LogP contribution in [0.5, 0.6) is 0 Å². The molecule has 0 amide bonds. The number of hydrogen-bond donors (Lipinski definition) is 2. The van der Waals surface area contributed by atoms with Crippen molar-refractivity contribution in [2.75, 3.05) is 20.2 Å². The molecule has 2 rings (SSSR count). The van der Waals surface area contributed by atoms with Crippen molar-refractivity contribution < 1.29 is 18.1 Å². The molecule has 116 valence electrons. The Labute approximate surface area is 122 Å². The first-order valence-corrected chi connectivity index (χ1v) is 7.84. The van der Waals surface area contributed by atoms with Gasteiger partial charge in [0.25, 0.3) is 5.69 Å². The quantitative estimate of drug-likeness (QED) is 0.592. The van der Waals surface area contributed by atoms with Crippen molar-refractivity contribution in [1.29, 1.82) is 0 Å². The molecular weight excluding hydrogens is 298 g/mol. The lowest BCUT2D eigenvalue weighted by Crippen LogP contribution is -2.43. The molecule has 1 aliphatic heterocycles. The predicted molar refractivity (Wildman–Crippen MR) is 75.6 cm³/mol. The Kier molecular flexibility index (Phi) is 4.57. The molecule has 0 saturated carbocycles. The van der Waals surface area contributed by atoms with E-state index in [1.807, 2.05) is 0 Å². The standard InChI is InChI=1S/C12H17N3O5S/c1-8-3-4-9(15(16)17)5-12(8)21(18,19)14-10-6-13-7-11(10)20-2/h3-5,10-11,13-14H,6-7H2,1-2H3/t10?,11-/m0/s1. The van der Waals surface area contributed by atoms with Crippen molar-refractivity contribution in [2.24, 2.45) is 0 Å². The maximum absolute atomic E-state index is 12.4. The van der Waals surface area contributed by atoms with Crippen LogP contribution >= 0.6 is 0 Å². The summed E-state index contributed by atoms with van der Waals surface area (Å²) in [7, 11) is -2.34. The number of nitrogens with zero attached hydrogens (tertiary/aromatic N) is 1. The van der Waals surface area contributed by atoms with E-state index in [1.54, 1.807) is 6.92 Å². The van der Waals surface area contributed by atoms with Crippen molar-refractivity contribution in [2.45, 2.75) is 24.0 Å². The van der Waals surface area contributed by atoms with Crippen LogP contribution < -0.4 is 10.0 Å². The highest BCUT2D eigenvalue weighted by Crippen LogP contribution is 2.22. The molecule has 21 heavy (non-hydrogen) atoms. The molecule has 0 aromatic heterocycles. The van der Waals surface area contributed by atoms with E-state index in [0.29, 0.717) is 18.7 Å². The third-order valence-electron chi connectivity index (χ3n) is 3.44. The zero-order chi connectivity index (χ0) is 15.6. The highest BCUT2D eigenvalue weighted by Gasteiger charge is 2.32. The number of nitro benzene ring substituents is 1. The third-order valence-corrected chi connectivity index (χ3v) is 5.07. The normalized spacial score (nSPS) is 22.4. The summed E-state index contributed by atoms with van der Waals surface area (Å²) in [4.78, 5) is 10.1. The Bertz CT molecular complexity index is 646. The number of hydrogen-bond acceptors (Lipinski definition) is 6. The molecule has 2 N–H and O–H groups in total. The van der Waals surface area contributed by atoms with Crippen LogP contribution in [0.15, 0.2) is 23.1 Å². The van der Waals surface area contributed by atoms with Crippen molar-refractivity contribution in [1.82, 2.24) is 10.0 Å². The van der Waals surface area contributed by atoms with E-state index in [-0.39, 0.29) is 16.7 Å². The van der Waals surface area contributed by atoms with Gasteiger partial charge in [0.2, 0.25) is 10.0 Å². The summed E-state index contributed by atoms with van der Waals surface area (Å²) in [5, 5.41) is 13.8. The molecule has 1 aromatic carbocycles. The van der Waals surface area contributed by atoms with Gasteiger partial charge in [-0.05, 0) is 12.5 Å². The first kappa shape index (κ1) is 15.8. The van der Waals surface area contributed by atoms with Gasteiger partial charge in [-0.3, -0.25) is 10.1 Å². The first-order valence-electron chi connectivity index (χ1n) is 6.36. The molecule has 1 unspecified atom stereocenters. The SMILES string of the molecule is CO[C@H]1CNCC1NS(=O)(=O)c1cc([N+](=O)[O-])ccc1C. The van der Waals surface area contributed by atoms with Crippen molar-refractivity contribution in [3.05, 3.63) is 33.9 Å². The Balaban J connectivity index is 2.31. The summed E-state index contributed by atoms with van der Waals surface area (Å²) in [5.41, 5.74) is 0.196. The number of methoxy groups -OCH3 is 1. The van der Waals surface area contributed by atoms with E-state index in [1.165, 1.54) is 19.2 Å². The number of ether oxygens (including phenoxy) is 1. The lowest BCUT2D eigenvalue weighted by Gasteiger charge is -2.19. The molecule has 0 bridgehead atoms. The van der Waals surface area contributed by atoms with Gasteiger partial charge in [0.05, 0.1) is 22.0 Å². The van der Waals surface area contributed by atoms with E-state index in [2.05, 4.69) is 10.0 Å². The van der Waals surface area contributed by atoms with Crippen LogP contribution in [-0.2, 0) is 14.8 Å². The van der Waals surface area contributed by atoms with Gasteiger partial charge in [0.1, 0.15) is 0 Å². The molecule has 0 aliphatic carbocycles. The minimum absolute atomic E-state index is 0.0848. The second-order valence-electron chi connectivity index (χ2n) is 4.87. The summed E-state index contributed by atoms with van der Waals surface area (Å²) in [6, 6.07) is 3.37. The predicted octanol–water partition coefficient (Wildman–Crippen LogP) is 0.168. The summed E-state index contributed by atoms with van der Waals surface area (Å²) in [5.74, 6) is 0. The Morgan fingerprint density at radius 1 is 1.43 bits per heavy atom. The Morgan fingerprint density at radius 2 is 2.14 bits per heavy atom. The summed E-state index contributed by atoms with van der Waals surface area (Å²) < 4.78 is 32.6. The number of nitrogens with one attached hydrogen (secondary N) is 2. The highest BCUT2D eigenvalue weighted by molar-refractivity contribution is 7.89. The monoisotopic (exact) mass is 315 g/mol. The largest absolute Gasteiger partial charge is 0.378 e. The van der Waals surface area contributed by atoms with E-state index in [9.17, 15) is 18.5 Å². The topological polar surface area (TPSA) is 111 Å². The van der Waals surface area contributed by atoms with Gasteiger partial charge in [0, 0.05) is 32.3 Å². The summed E-state index contributed by atoms with van der Waals surface area (Å²) in [6.07, 6.45) is -0.265. The van der Waals surface area contributed by atoms with E-state index in [0.717, 1.165) is 6.07 Å². The molecule has 1 heterocycles. The van der Waals surface area contributed by atoms with Gasteiger partial charge >= 0.3 is 0 Å². The highest BCUT2D eigenvalue weighted by atomic mass is 32.2. The van der Waals surface area contributed by atoms with Crippen LogP contribution in [0, 0.1) is 17.0 Å². The van der Waals surface area contributed by atoms with Crippen molar-refractivity contribution in [3.8, 4) is 0 Å². The Hall–Kier alpha value is -1.55. The van der Waals surface area contributed by atoms with Crippen molar-refractivity contribution in [3.63, 3.8) is 0 Å². The number of rotatable bonds is 5. The van der Waals surface area contributed by atoms with Gasteiger partial charge in [0.15, 0.2) is 0 Å².